The Kier molecular flexibility index (Phi) is 5.76. The molecule has 1 N–H and O–H groups in total. The van der Waals surface area contributed by atoms with E-state index in [-0.39, 0.29) is 12.1 Å². The molecule has 128 valence electrons. The van der Waals surface area contributed by atoms with E-state index in [4.69, 9.17) is 9.47 Å². The average molecular weight is 322 g/mol. The first kappa shape index (κ1) is 17.5. The van der Waals surface area contributed by atoms with Gasteiger partial charge in [0, 0.05) is 31.5 Å². The predicted molar refractivity (Wildman–Crippen MR) is 86.3 cm³/mol. The molecule has 0 aliphatic carbocycles. The second-order valence-electron chi connectivity index (χ2n) is 6.73. The summed E-state index contributed by atoms with van der Waals surface area (Å²) in [6, 6.07) is 0.0845. The van der Waals surface area contributed by atoms with Gasteiger partial charge in [0.1, 0.15) is 11.3 Å². The number of piperidine rings is 1. The zero-order chi connectivity index (χ0) is 16.9. The van der Waals surface area contributed by atoms with E-state index in [0.717, 1.165) is 31.6 Å². The van der Waals surface area contributed by atoms with Gasteiger partial charge in [-0.05, 0) is 40.2 Å². The lowest BCUT2D eigenvalue weighted by Gasteiger charge is -2.33. The lowest BCUT2D eigenvalue weighted by atomic mass is 10.1. The molecule has 0 spiro atoms. The highest BCUT2D eigenvalue weighted by Gasteiger charge is 2.25. The van der Waals surface area contributed by atoms with Crippen LogP contribution in [0.2, 0.25) is 0 Å². The topological polar surface area (TPSA) is 76.6 Å². The van der Waals surface area contributed by atoms with Gasteiger partial charge in [0.25, 0.3) is 0 Å². The van der Waals surface area contributed by atoms with Crippen LogP contribution in [0.25, 0.3) is 0 Å². The fourth-order valence-corrected chi connectivity index (χ4v) is 2.64. The molecule has 1 aromatic heterocycles. The number of hydrogen-bond acceptors (Lipinski definition) is 6. The first-order valence-electron chi connectivity index (χ1n) is 7.93. The van der Waals surface area contributed by atoms with Crippen molar-refractivity contribution in [1.82, 2.24) is 20.2 Å². The molecule has 2 rings (SSSR count). The molecule has 1 aliphatic rings. The quantitative estimate of drug-likeness (QED) is 0.913. The number of carbonyl (C=O) groups excluding carboxylic acids is 1. The number of ether oxygens (including phenoxy) is 2. The minimum absolute atomic E-state index is 0.0845. The highest BCUT2D eigenvalue weighted by molar-refractivity contribution is 5.68. The van der Waals surface area contributed by atoms with E-state index in [1.807, 2.05) is 20.8 Å². The van der Waals surface area contributed by atoms with Gasteiger partial charge in [0.15, 0.2) is 0 Å². The van der Waals surface area contributed by atoms with E-state index in [9.17, 15) is 4.79 Å². The molecule has 1 aliphatic heterocycles. The zero-order valence-corrected chi connectivity index (χ0v) is 14.3. The van der Waals surface area contributed by atoms with E-state index in [1.165, 1.54) is 0 Å². The van der Waals surface area contributed by atoms with Crippen molar-refractivity contribution < 1.29 is 14.3 Å². The first-order valence-corrected chi connectivity index (χ1v) is 7.93. The van der Waals surface area contributed by atoms with Gasteiger partial charge in [0.2, 0.25) is 5.88 Å². The molecule has 1 amide bonds. The number of aromatic nitrogens is 2. The molecule has 1 saturated heterocycles. The summed E-state index contributed by atoms with van der Waals surface area (Å²) < 4.78 is 10.6. The number of carbonyl (C=O) groups is 1. The molecule has 2 heterocycles. The molecule has 7 heteroatoms. The van der Waals surface area contributed by atoms with Crippen molar-refractivity contribution in [2.45, 2.75) is 51.8 Å². The lowest BCUT2D eigenvalue weighted by Crippen LogP contribution is -2.48. The van der Waals surface area contributed by atoms with E-state index < -0.39 is 5.60 Å². The Morgan fingerprint density at radius 1 is 1.39 bits per heavy atom. The molecule has 1 aromatic rings. The van der Waals surface area contributed by atoms with Crippen molar-refractivity contribution in [3.8, 4) is 5.88 Å². The summed E-state index contributed by atoms with van der Waals surface area (Å²) in [6.45, 7) is 7.97. The van der Waals surface area contributed by atoms with Crippen LogP contribution in [0.4, 0.5) is 4.79 Å². The summed E-state index contributed by atoms with van der Waals surface area (Å²) in [6.07, 6.45) is 4.89. The number of likely N-dealkylation sites (tertiary alicyclic amines) is 1. The minimum Gasteiger partial charge on any atom is -0.480 e. The molecule has 0 aromatic carbocycles. The first-order chi connectivity index (χ1) is 10.9. The Morgan fingerprint density at radius 2 is 2.13 bits per heavy atom. The molecular weight excluding hydrogens is 296 g/mol. The van der Waals surface area contributed by atoms with Crippen LogP contribution in [0.5, 0.6) is 5.88 Å². The monoisotopic (exact) mass is 322 g/mol. The number of hydrogen-bond donors (Lipinski definition) is 1. The maximum Gasteiger partial charge on any atom is 0.407 e. The number of rotatable bonds is 4. The van der Waals surface area contributed by atoms with E-state index in [0.29, 0.717) is 12.4 Å². The summed E-state index contributed by atoms with van der Waals surface area (Å²) >= 11 is 0. The third-order valence-corrected chi connectivity index (χ3v) is 3.53. The summed E-state index contributed by atoms with van der Waals surface area (Å²) in [5.74, 6) is 0.551. The molecule has 0 bridgehead atoms. The van der Waals surface area contributed by atoms with Crippen LogP contribution in [-0.2, 0) is 11.3 Å². The summed E-state index contributed by atoms with van der Waals surface area (Å²) in [5, 5.41) is 2.95. The van der Waals surface area contributed by atoms with E-state index in [2.05, 4.69) is 20.2 Å². The maximum absolute atomic E-state index is 11.9. The zero-order valence-electron chi connectivity index (χ0n) is 14.3. The number of nitrogens with one attached hydrogen (secondary N) is 1. The molecule has 0 unspecified atom stereocenters. The summed E-state index contributed by atoms with van der Waals surface area (Å²) in [7, 11) is 1.59. The molecular formula is C16H26N4O3. The van der Waals surface area contributed by atoms with Gasteiger partial charge in [0.05, 0.1) is 7.11 Å². The predicted octanol–water partition coefficient (Wildman–Crippen LogP) is 1.97. The third kappa shape index (κ3) is 5.67. The van der Waals surface area contributed by atoms with Gasteiger partial charge in [-0.2, -0.15) is 0 Å². The van der Waals surface area contributed by atoms with Gasteiger partial charge in [-0.3, -0.25) is 9.88 Å². The normalized spacial score (nSPS) is 19.2. The highest BCUT2D eigenvalue weighted by Crippen LogP contribution is 2.18. The van der Waals surface area contributed by atoms with Crippen LogP contribution in [0.15, 0.2) is 12.4 Å². The standard InChI is InChI=1S/C16H26N4O3/c1-16(2,3)23-15(21)19-12-6-5-9-20(10-12)11-13-14(22-4)18-8-7-17-13/h7-8,12H,5-6,9-11H2,1-4H3,(H,19,21)/t12-/m1/s1. The molecule has 1 atom stereocenters. The van der Waals surface area contributed by atoms with Crippen molar-refractivity contribution in [2.75, 3.05) is 20.2 Å². The fraction of sp³-hybridized carbons (Fsp3) is 0.688. The SMILES string of the molecule is COc1nccnc1CN1CCC[C@@H](NC(=O)OC(C)(C)C)C1. The van der Waals surface area contributed by atoms with Crippen LogP contribution in [0, 0.1) is 0 Å². The Morgan fingerprint density at radius 3 is 2.83 bits per heavy atom. The molecule has 23 heavy (non-hydrogen) atoms. The molecule has 1 fully saturated rings. The van der Waals surface area contributed by atoms with Crippen molar-refractivity contribution in [1.29, 1.82) is 0 Å². The smallest absolute Gasteiger partial charge is 0.407 e. The van der Waals surface area contributed by atoms with Crippen LogP contribution in [-0.4, -0.2) is 52.8 Å². The van der Waals surface area contributed by atoms with E-state index in [1.54, 1.807) is 19.5 Å². The van der Waals surface area contributed by atoms with Gasteiger partial charge in [-0.25, -0.2) is 9.78 Å². The van der Waals surface area contributed by atoms with Crippen molar-refractivity contribution in [3.05, 3.63) is 18.1 Å². The Labute approximate surface area is 137 Å². The third-order valence-electron chi connectivity index (χ3n) is 3.53. The number of alkyl carbamates (subject to hydrolysis) is 1. The number of nitrogens with zero attached hydrogens (tertiary/aromatic N) is 3. The minimum atomic E-state index is -0.481. The highest BCUT2D eigenvalue weighted by atomic mass is 16.6. The summed E-state index contributed by atoms with van der Waals surface area (Å²) in [4.78, 5) is 22.7. The van der Waals surface area contributed by atoms with Crippen molar-refractivity contribution in [2.24, 2.45) is 0 Å². The van der Waals surface area contributed by atoms with Gasteiger partial charge in [-0.1, -0.05) is 0 Å². The maximum atomic E-state index is 11.9. The molecule has 0 radical (unpaired) electrons. The van der Waals surface area contributed by atoms with Crippen LogP contribution in [0.1, 0.15) is 39.3 Å². The fourth-order valence-electron chi connectivity index (χ4n) is 2.64. The Balaban J connectivity index is 1.89. The van der Waals surface area contributed by atoms with Gasteiger partial charge >= 0.3 is 6.09 Å². The average Bonchev–Trinajstić information content (AvgIpc) is 2.46. The lowest BCUT2D eigenvalue weighted by molar-refractivity contribution is 0.0469. The number of methoxy groups -OCH3 is 1. The Bertz CT molecular complexity index is 530. The second-order valence-corrected chi connectivity index (χ2v) is 6.73. The molecule has 7 nitrogen and oxygen atoms in total. The largest absolute Gasteiger partial charge is 0.480 e. The van der Waals surface area contributed by atoms with Crippen LogP contribution in [0.3, 0.4) is 0 Å². The second kappa shape index (κ2) is 7.59. The van der Waals surface area contributed by atoms with Gasteiger partial charge in [-0.15, -0.1) is 0 Å². The number of amides is 1. The van der Waals surface area contributed by atoms with Crippen LogP contribution >= 0.6 is 0 Å². The van der Waals surface area contributed by atoms with Crippen molar-refractivity contribution in [3.63, 3.8) is 0 Å². The summed E-state index contributed by atoms with van der Waals surface area (Å²) in [5.41, 5.74) is 0.332. The van der Waals surface area contributed by atoms with Gasteiger partial charge < -0.3 is 14.8 Å². The Hall–Kier alpha value is -1.89. The van der Waals surface area contributed by atoms with E-state index >= 15 is 0 Å². The van der Waals surface area contributed by atoms with Crippen molar-refractivity contribution >= 4 is 6.09 Å². The van der Waals surface area contributed by atoms with Crippen LogP contribution < -0.4 is 10.1 Å². The molecule has 0 saturated carbocycles.